The number of likely N-dealkylation sites (tertiary alicyclic amines) is 2. The molecule has 0 radical (unpaired) electrons. The fraction of sp³-hybridized carbons (Fsp3) is 0.958. The van der Waals surface area contributed by atoms with Crippen molar-refractivity contribution in [3.8, 4) is 0 Å². The summed E-state index contributed by atoms with van der Waals surface area (Å²) in [7, 11) is 0. The van der Waals surface area contributed by atoms with Crippen LogP contribution in [-0.4, -0.2) is 74.3 Å². The molecule has 3 rings (SSSR count). The lowest BCUT2D eigenvalue weighted by Crippen LogP contribution is -2.47. The fourth-order valence-electron chi connectivity index (χ4n) is 5.10. The van der Waals surface area contributed by atoms with Crippen LogP contribution in [-0.2, 0) is 4.74 Å². The summed E-state index contributed by atoms with van der Waals surface area (Å²) < 4.78 is 6.24. The number of nitrogens with zero attached hydrogens (tertiary/aromatic N) is 3. The third kappa shape index (κ3) is 8.45. The van der Waals surface area contributed by atoms with Crippen LogP contribution in [0.15, 0.2) is 4.99 Å². The zero-order valence-corrected chi connectivity index (χ0v) is 19.0. The standard InChI is InChI=1S/C24H46N4O/c1-2-25-24(26-15-7-3-8-16-27-17-9-4-10-18-27)28-19-13-23(14-20-28)29-21-22-11-5-6-12-22/h22-23H,2-21H2,1H3,(H,25,26). The summed E-state index contributed by atoms with van der Waals surface area (Å²) in [6.07, 6.45) is 16.4. The van der Waals surface area contributed by atoms with Gasteiger partial charge in [-0.25, -0.2) is 0 Å². The number of rotatable bonds is 10. The highest BCUT2D eigenvalue weighted by atomic mass is 16.5. The third-order valence-corrected chi connectivity index (χ3v) is 6.96. The van der Waals surface area contributed by atoms with Crippen molar-refractivity contribution in [2.75, 3.05) is 52.4 Å². The van der Waals surface area contributed by atoms with E-state index in [4.69, 9.17) is 9.73 Å². The molecule has 1 saturated carbocycles. The Hall–Kier alpha value is -0.810. The van der Waals surface area contributed by atoms with Gasteiger partial charge in [0.05, 0.1) is 6.10 Å². The lowest BCUT2D eigenvalue weighted by Gasteiger charge is -2.34. The van der Waals surface area contributed by atoms with Crippen LogP contribution >= 0.6 is 0 Å². The largest absolute Gasteiger partial charge is 0.378 e. The van der Waals surface area contributed by atoms with E-state index in [1.807, 2.05) is 0 Å². The van der Waals surface area contributed by atoms with Crippen molar-refractivity contribution in [1.82, 2.24) is 15.1 Å². The molecule has 3 fully saturated rings. The second-order valence-electron chi connectivity index (χ2n) is 9.37. The van der Waals surface area contributed by atoms with Crippen LogP contribution in [0.4, 0.5) is 0 Å². The molecule has 0 spiro atoms. The number of hydrogen-bond donors (Lipinski definition) is 1. The summed E-state index contributed by atoms with van der Waals surface area (Å²) in [5.41, 5.74) is 0. The van der Waals surface area contributed by atoms with Gasteiger partial charge in [0.15, 0.2) is 5.96 Å². The van der Waals surface area contributed by atoms with Crippen molar-refractivity contribution >= 4 is 5.96 Å². The predicted molar refractivity (Wildman–Crippen MR) is 123 cm³/mol. The summed E-state index contributed by atoms with van der Waals surface area (Å²) in [5.74, 6) is 1.96. The quantitative estimate of drug-likeness (QED) is 0.334. The Labute approximate surface area is 179 Å². The highest BCUT2D eigenvalue weighted by molar-refractivity contribution is 5.80. The van der Waals surface area contributed by atoms with Gasteiger partial charge in [-0.3, -0.25) is 4.99 Å². The molecule has 2 saturated heterocycles. The van der Waals surface area contributed by atoms with Gasteiger partial charge in [-0.05, 0) is 83.8 Å². The maximum atomic E-state index is 6.24. The number of aliphatic imine (C=N–C) groups is 1. The second kappa shape index (κ2) is 13.5. The van der Waals surface area contributed by atoms with Gasteiger partial charge in [-0.15, -0.1) is 0 Å². The first kappa shape index (κ1) is 22.9. The van der Waals surface area contributed by atoms with E-state index in [1.54, 1.807) is 0 Å². The molecule has 2 heterocycles. The van der Waals surface area contributed by atoms with Gasteiger partial charge in [0.1, 0.15) is 0 Å². The van der Waals surface area contributed by atoms with Gasteiger partial charge in [0.2, 0.25) is 0 Å². The highest BCUT2D eigenvalue weighted by Crippen LogP contribution is 2.26. The molecule has 1 N–H and O–H groups in total. The summed E-state index contributed by atoms with van der Waals surface area (Å²) in [4.78, 5) is 10.0. The van der Waals surface area contributed by atoms with E-state index in [2.05, 4.69) is 22.0 Å². The van der Waals surface area contributed by atoms with Crippen LogP contribution in [0.25, 0.3) is 0 Å². The Balaban J connectivity index is 1.29. The molecule has 3 aliphatic rings. The molecule has 168 valence electrons. The zero-order valence-electron chi connectivity index (χ0n) is 19.0. The monoisotopic (exact) mass is 406 g/mol. The smallest absolute Gasteiger partial charge is 0.193 e. The van der Waals surface area contributed by atoms with E-state index >= 15 is 0 Å². The predicted octanol–water partition coefficient (Wildman–Crippen LogP) is 4.28. The minimum absolute atomic E-state index is 0.463. The van der Waals surface area contributed by atoms with Crippen molar-refractivity contribution in [2.24, 2.45) is 10.9 Å². The Bertz CT molecular complexity index is 450. The average molecular weight is 407 g/mol. The summed E-state index contributed by atoms with van der Waals surface area (Å²) >= 11 is 0. The summed E-state index contributed by atoms with van der Waals surface area (Å²) in [6, 6.07) is 0. The van der Waals surface area contributed by atoms with Gasteiger partial charge in [0.25, 0.3) is 0 Å². The Morgan fingerprint density at radius 3 is 2.38 bits per heavy atom. The SMILES string of the molecule is CCNC(=NCCCCCN1CCCCC1)N1CCC(OCC2CCCC2)CC1. The number of hydrogen-bond acceptors (Lipinski definition) is 3. The molecule has 1 aliphatic carbocycles. The van der Waals surface area contributed by atoms with Gasteiger partial charge in [-0.1, -0.05) is 25.7 Å². The fourth-order valence-corrected chi connectivity index (χ4v) is 5.10. The van der Waals surface area contributed by atoms with E-state index in [-0.39, 0.29) is 0 Å². The van der Waals surface area contributed by atoms with E-state index in [9.17, 15) is 0 Å². The Kier molecular flexibility index (Phi) is 10.6. The Morgan fingerprint density at radius 1 is 0.897 bits per heavy atom. The van der Waals surface area contributed by atoms with Crippen molar-refractivity contribution < 1.29 is 4.74 Å². The average Bonchev–Trinajstić information content (AvgIpc) is 3.29. The van der Waals surface area contributed by atoms with Gasteiger partial charge in [0, 0.05) is 32.8 Å². The van der Waals surface area contributed by atoms with Gasteiger partial charge in [-0.2, -0.15) is 0 Å². The first-order valence-corrected chi connectivity index (χ1v) is 12.7. The summed E-state index contributed by atoms with van der Waals surface area (Å²) in [6.45, 7) is 11.2. The van der Waals surface area contributed by atoms with Gasteiger partial charge < -0.3 is 19.9 Å². The normalized spacial score (nSPS) is 23.1. The molecular formula is C24H46N4O. The first-order chi connectivity index (χ1) is 14.3. The summed E-state index contributed by atoms with van der Waals surface area (Å²) in [5, 5.41) is 3.51. The maximum absolute atomic E-state index is 6.24. The third-order valence-electron chi connectivity index (χ3n) is 6.96. The van der Waals surface area contributed by atoms with Crippen molar-refractivity contribution in [2.45, 2.75) is 90.1 Å². The lowest BCUT2D eigenvalue weighted by molar-refractivity contribution is 0.00102. The first-order valence-electron chi connectivity index (χ1n) is 12.7. The van der Waals surface area contributed by atoms with Crippen LogP contribution in [0.3, 0.4) is 0 Å². The lowest BCUT2D eigenvalue weighted by atomic mass is 10.1. The van der Waals surface area contributed by atoms with E-state index < -0.39 is 0 Å². The molecule has 0 atom stereocenters. The van der Waals surface area contributed by atoms with Crippen molar-refractivity contribution in [3.05, 3.63) is 0 Å². The van der Waals surface area contributed by atoms with Crippen molar-refractivity contribution in [3.63, 3.8) is 0 Å². The molecule has 0 aromatic carbocycles. The van der Waals surface area contributed by atoms with Gasteiger partial charge >= 0.3 is 0 Å². The van der Waals surface area contributed by atoms with E-state index in [0.29, 0.717) is 6.10 Å². The number of unbranched alkanes of at least 4 members (excludes halogenated alkanes) is 2. The number of ether oxygens (including phenoxy) is 1. The highest BCUT2D eigenvalue weighted by Gasteiger charge is 2.23. The van der Waals surface area contributed by atoms with Crippen molar-refractivity contribution in [1.29, 1.82) is 0 Å². The van der Waals surface area contributed by atoms with E-state index in [0.717, 1.165) is 57.5 Å². The molecule has 0 amide bonds. The zero-order chi connectivity index (χ0) is 20.2. The molecule has 0 aromatic heterocycles. The molecule has 0 bridgehead atoms. The molecule has 0 aromatic rings. The molecule has 0 unspecified atom stereocenters. The minimum atomic E-state index is 0.463. The molecule has 29 heavy (non-hydrogen) atoms. The van der Waals surface area contributed by atoms with Crippen LogP contribution in [0, 0.1) is 5.92 Å². The Morgan fingerprint density at radius 2 is 1.66 bits per heavy atom. The van der Waals surface area contributed by atoms with E-state index in [1.165, 1.54) is 83.8 Å². The molecule has 2 aliphatic heterocycles. The molecule has 5 heteroatoms. The number of nitrogens with one attached hydrogen (secondary N) is 1. The van der Waals surface area contributed by atoms with Crippen LogP contribution < -0.4 is 5.32 Å². The molecular weight excluding hydrogens is 360 g/mol. The topological polar surface area (TPSA) is 40.1 Å². The minimum Gasteiger partial charge on any atom is -0.378 e. The van der Waals surface area contributed by atoms with Crippen LogP contribution in [0.2, 0.25) is 0 Å². The maximum Gasteiger partial charge on any atom is 0.193 e. The number of piperidine rings is 2. The molecule has 5 nitrogen and oxygen atoms in total. The second-order valence-corrected chi connectivity index (χ2v) is 9.37. The van der Waals surface area contributed by atoms with Crippen LogP contribution in [0.1, 0.15) is 84.0 Å². The van der Waals surface area contributed by atoms with Crippen LogP contribution in [0.5, 0.6) is 0 Å². The number of guanidine groups is 1.